The molecule has 2 heterocycles. The standard InChI is InChI=1S/C22H24N2O4/c1-14(2)17-5-3-4-6-18(17)24-12-16(10-21(24)25)22(26)23-11-15-7-8-19-20(9-15)28-13-27-19/h3-9,14,16H,10-13H2,1-2H3,(H,23,26). The smallest absolute Gasteiger partial charge is 0.231 e. The van der Waals surface area contributed by atoms with Crippen LogP contribution >= 0.6 is 0 Å². The Labute approximate surface area is 164 Å². The first-order chi connectivity index (χ1) is 13.5. The number of para-hydroxylation sites is 1. The van der Waals surface area contributed by atoms with Crippen LogP contribution in [0.25, 0.3) is 0 Å². The van der Waals surface area contributed by atoms with E-state index in [2.05, 4.69) is 19.2 Å². The van der Waals surface area contributed by atoms with Crippen LogP contribution < -0.4 is 19.7 Å². The molecule has 1 saturated heterocycles. The number of benzene rings is 2. The number of nitrogens with zero attached hydrogens (tertiary/aromatic N) is 1. The van der Waals surface area contributed by atoms with Gasteiger partial charge in [0.25, 0.3) is 0 Å². The van der Waals surface area contributed by atoms with Crippen molar-refractivity contribution < 1.29 is 19.1 Å². The molecule has 0 saturated carbocycles. The lowest BCUT2D eigenvalue weighted by molar-refractivity contribution is -0.126. The molecule has 2 aliphatic rings. The summed E-state index contributed by atoms with van der Waals surface area (Å²) in [6, 6.07) is 13.5. The van der Waals surface area contributed by atoms with Crippen LogP contribution in [0.4, 0.5) is 5.69 Å². The van der Waals surface area contributed by atoms with Gasteiger partial charge in [0.05, 0.1) is 5.92 Å². The average Bonchev–Trinajstić information content (AvgIpc) is 3.32. The number of nitrogens with one attached hydrogen (secondary N) is 1. The van der Waals surface area contributed by atoms with Gasteiger partial charge in [-0.15, -0.1) is 0 Å². The van der Waals surface area contributed by atoms with Crippen LogP contribution in [0.15, 0.2) is 42.5 Å². The molecule has 2 aromatic carbocycles. The average molecular weight is 380 g/mol. The van der Waals surface area contributed by atoms with Gasteiger partial charge in [-0.1, -0.05) is 38.1 Å². The van der Waals surface area contributed by atoms with E-state index in [0.29, 0.717) is 24.8 Å². The van der Waals surface area contributed by atoms with Crippen molar-refractivity contribution in [3.63, 3.8) is 0 Å². The van der Waals surface area contributed by atoms with E-state index in [1.807, 2.05) is 42.5 Å². The molecule has 0 bridgehead atoms. The molecule has 146 valence electrons. The Morgan fingerprint density at radius 2 is 1.96 bits per heavy atom. The lowest BCUT2D eigenvalue weighted by Crippen LogP contribution is -2.32. The van der Waals surface area contributed by atoms with Gasteiger partial charge < -0.3 is 19.7 Å². The largest absolute Gasteiger partial charge is 0.454 e. The predicted octanol–water partition coefficient (Wildman–Crippen LogP) is 3.21. The highest BCUT2D eigenvalue weighted by Crippen LogP contribution is 2.33. The summed E-state index contributed by atoms with van der Waals surface area (Å²) in [5, 5.41) is 2.95. The second-order valence-corrected chi connectivity index (χ2v) is 7.52. The second kappa shape index (κ2) is 7.54. The van der Waals surface area contributed by atoms with E-state index in [9.17, 15) is 9.59 Å². The van der Waals surface area contributed by atoms with Crippen molar-refractivity contribution in [2.45, 2.75) is 32.7 Å². The van der Waals surface area contributed by atoms with Gasteiger partial charge in [-0.25, -0.2) is 0 Å². The zero-order valence-electron chi connectivity index (χ0n) is 16.1. The maximum atomic E-state index is 12.6. The normalized spacial score (nSPS) is 18.0. The lowest BCUT2D eigenvalue weighted by Gasteiger charge is -2.22. The molecule has 2 amide bonds. The van der Waals surface area contributed by atoms with Gasteiger partial charge in [0.2, 0.25) is 18.6 Å². The van der Waals surface area contributed by atoms with Crippen molar-refractivity contribution in [2.24, 2.45) is 5.92 Å². The molecule has 0 aromatic heterocycles. The lowest BCUT2D eigenvalue weighted by atomic mass is 10.0. The number of carbonyl (C=O) groups excluding carboxylic acids is 2. The van der Waals surface area contributed by atoms with Gasteiger partial charge in [0, 0.05) is 25.2 Å². The van der Waals surface area contributed by atoms with Crippen molar-refractivity contribution >= 4 is 17.5 Å². The third-order valence-corrected chi connectivity index (χ3v) is 5.25. The zero-order chi connectivity index (χ0) is 19.7. The molecule has 0 aliphatic carbocycles. The van der Waals surface area contributed by atoms with Gasteiger partial charge in [0.15, 0.2) is 11.5 Å². The molecule has 1 N–H and O–H groups in total. The summed E-state index contributed by atoms with van der Waals surface area (Å²) in [4.78, 5) is 27.0. The molecule has 6 nitrogen and oxygen atoms in total. The van der Waals surface area contributed by atoms with Gasteiger partial charge in [-0.05, 0) is 35.2 Å². The van der Waals surface area contributed by atoms with E-state index in [4.69, 9.17) is 9.47 Å². The van der Waals surface area contributed by atoms with Crippen molar-refractivity contribution in [1.82, 2.24) is 5.32 Å². The molecule has 28 heavy (non-hydrogen) atoms. The molecular weight excluding hydrogens is 356 g/mol. The van der Waals surface area contributed by atoms with Crippen molar-refractivity contribution in [3.05, 3.63) is 53.6 Å². The maximum Gasteiger partial charge on any atom is 0.231 e. The molecule has 2 aliphatic heterocycles. The number of rotatable bonds is 5. The van der Waals surface area contributed by atoms with Crippen LogP contribution in [0.5, 0.6) is 11.5 Å². The number of amides is 2. The van der Waals surface area contributed by atoms with Crippen molar-refractivity contribution in [2.75, 3.05) is 18.2 Å². The fourth-order valence-corrected chi connectivity index (χ4v) is 3.72. The van der Waals surface area contributed by atoms with Gasteiger partial charge in [-0.3, -0.25) is 9.59 Å². The van der Waals surface area contributed by atoms with Gasteiger partial charge >= 0.3 is 0 Å². The summed E-state index contributed by atoms with van der Waals surface area (Å²) in [5.41, 5.74) is 2.97. The number of ether oxygens (including phenoxy) is 2. The van der Waals surface area contributed by atoms with E-state index in [0.717, 1.165) is 22.6 Å². The van der Waals surface area contributed by atoms with Crippen LogP contribution in [0.2, 0.25) is 0 Å². The Morgan fingerprint density at radius 3 is 2.79 bits per heavy atom. The summed E-state index contributed by atoms with van der Waals surface area (Å²) in [5.74, 6) is 1.27. The summed E-state index contributed by atoms with van der Waals surface area (Å²) >= 11 is 0. The van der Waals surface area contributed by atoms with Crippen molar-refractivity contribution in [1.29, 1.82) is 0 Å². The third kappa shape index (κ3) is 3.54. The minimum atomic E-state index is -0.346. The van der Waals surface area contributed by atoms with Crippen molar-refractivity contribution in [3.8, 4) is 11.5 Å². The molecule has 1 unspecified atom stereocenters. The fourth-order valence-electron chi connectivity index (χ4n) is 3.72. The first-order valence-corrected chi connectivity index (χ1v) is 9.58. The predicted molar refractivity (Wildman–Crippen MR) is 105 cm³/mol. The maximum absolute atomic E-state index is 12.6. The first kappa shape index (κ1) is 18.3. The Bertz CT molecular complexity index is 909. The minimum Gasteiger partial charge on any atom is -0.454 e. The summed E-state index contributed by atoms with van der Waals surface area (Å²) < 4.78 is 10.7. The first-order valence-electron chi connectivity index (χ1n) is 9.58. The summed E-state index contributed by atoms with van der Waals surface area (Å²) in [6.07, 6.45) is 0.236. The molecular formula is C22H24N2O4. The highest BCUT2D eigenvalue weighted by Gasteiger charge is 2.36. The Morgan fingerprint density at radius 1 is 1.18 bits per heavy atom. The Hall–Kier alpha value is -3.02. The summed E-state index contributed by atoms with van der Waals surface area (Å²) in [6.45, 7) is 5.24. The quantitative estimate of drug-likeness (QED) is 0.865. The van der Waals surface area contributed by atoms with Crippen LogP contribution in [-0.2, 0) is 16.1 Å². The van der Waals surface area contributed by atoms with E-state index < -0.39 is 0 Å². The van der Waals surface area contributed by atoms with Crippen LogP contribution in [-0.4, -0.2) is 25.2 Å². The number of fused-ring (bicyclic) bond motifs is 1. The van der Waals surface area contributed by atoms with E-state index >= 15 is 0 Å². The third-order valence-electron chi connectivity index (χ3n) is 5.25. The second-order valence-electron chi connectivity index (χ2n) is 7.52. The number of carbonyl (C=O) groups is 2. The Balaban J connectivity index is 1.40. The van der Waals surface area contributed by atoms with E-state index in [1.54, 1.807) is 4.90 Å². The molecule has 1 atom stereocenters. The highest BCUT2D eigenvalue weighted by atomic mass is 16.7. The molecule has 1 fully saturated rings. The monoisotopic (exact) mass is 380 g/mol. The number of hydrogen-bond donors (Lipinski definition) is 1. The SMILES string of the molecule is CC(C)c1ccccc1N1CC(C(=O)NCc2ccc3c(c2)OCO3)CC1=O. The van der Waals surface area contributed by atoms with Crippen LogP contribution in [0, 0.1) is 5.92 Å². The molecule has 0 spiro atoms. The minimum absolute atomic E-state index is 0.00340. The summed E-state index contributed by atoms with van der Waals surface area (Å²) in [7, 11) is 0. The zero-order valence-corrected chi connectivity index (χ0v) is 16.1. The molecule has 2 aromatic rings. The molecule has 6 heteroatoms. The van der Waals surface area contributed by atoms with E-state index in [-0.39, 0.29) is 30.9 Å². The van der Waals surface area contributed by atoms with E-state index in [1.165, 1.54) is 0 Å². The van der Waals surface area contributed by atoms with Crippen LogP contribution in [0.3, 0.4) is 0 Å². The molecule has 4 rings (SSSR count). The fraction of sp³-hybridized carbons (Fsp3) is 0.364. The number of hydrogen-bond acceptors (Lipinski definition) is 4. The van der Waals surface area contributed by atoms with Crippen LogP contribution in [0.1, 0.15) is 37.3 Å². The highest BCUT2D eigenvalue weighted by molar-refractivity contribution is 6.00. The van der Waals surface area contributed by atoms with Gasteiger partial charge in [-0.2, -0.15) is 0 Å². The topological polar surface area (TPSA) is 67.9 Å². The van der Waals surface area contributed by atoms with Gasteiger partial charge in [0.1, 0.15) is 0 Å². The Kier molecular flexibility index (Phi) is 4.94. The number of anilines is 1. The molecule has 0 radical (unpaired) electrons.